The summed E-state index contributed by atoms with van der Waals surface area (Å²) >= 11 is 11.0. The second-order valence-corrected chi connectivity index (χ2v) is 3.87. The number of hydrogen-bond acceptors (Lipinski definition) is 3. The van der Waals surface area contributed by atoms with Gasteiger partial charge in [-0.25, -0.2) is 4.79 Å². The van der Waals surface area contributed by atoms with E-state index in [-0.39, 0.29) is 11.1 Å². The molecule has 0 saturated heterocycles. The number of ether oxygens (including phenoxy) is 1. The number of hydrogen-bond donors (Lipinski definition) is 1. The van der Waals surface area contributed by atoms with Gasteiger partial charge in [0.15, 0.2) is 0 Å². The fraction of sp³-hybridized carbons (Fsp3) is 0.222. The van der Waals surface area contributed by atoms with Crippen molar-refractivity contribution in [2.45, 2.75) is 4.52 Å². The Kier molecular flexibility index (Phi) is 3.37. The maximum Gasteiger partial charge on any atom is 0.338 e. The van der Waals surface area contributed by atoms with Crippen molar-refractivity contribution in [3.8, 4) is 0 Å². The average molecular weight is 235 g/mol. The van der Waals surface area contributed by atoms with E-state index in [1.54, 1.807) is 12.1 Å². The summed E-state index contributed by atoms with van der Waals surface area (Å²) in [4.78, 5) is 11.2. The minimum absolute atomic E-state index is 0.107. The number of carbonyl (C=O) groups is 1. The molecule has 0 aromatic heterocycles. The molecular weight excluding hydrogens is 227 g/mol. The Morgan fingerprint density at radius 3 is 2.50 bits per heavy atom. The maximum absolute atomic E-state index is 11.2. The van der Waals surface area contributed by atoms with Crippen molar-refractivity contribution >= 4 is 29.2 Å². The molecule has 0 heterocycles. The van der Waals surface area contributed by atoms with Crippen molar-refractivity contribution in [3.63, 3.8) is 0 Å². The molecule has 0 bridgehead atoms. The van der Waals surface area contributed by atoms with Gasteiger partial charge in [-0.1, -0.05) is 41.4 Å². The lowest BCUT2D eigenvalue weighted by Gasteiger charge is -2.15. The van der Waals surface area contributed by atoms with E-state index in [1.165, 1.54) is 19.2 Å². The molecule has 0 aliphatic rings. The quantitative estimate of drug-likeness (QED) is 0.630. The van der Waals surface area contributed by atoms with Crippen LogP contribution in [-0.2, 0) is 9.26 Å². The van der Waals surface area contributed by atoms with Gasteiger partial charge in [-0.05, 0) is 6.07 Å². The van der Waals surface area contributed by atoms with Crippen molar-refractivity contribution < 1.29 is 14.6 Å². The zero-order chi connectivity index (χ0) is 10.8. The second-order valence-electron chi connectivity index (χ2n) is 2.58. The smallest absolute Gasteiger partial charge is 0.338 e. The van der Waals surface area contributed by atoms with Gasteiger partial charge in [0.2, 0.25) is 4.52 Å². The molecule has 0 saturated carbocycles. The van der Waals surface area contributed by atoms with Crippen LogP contribution in [-0.4, -0.2) is 18.2 Å². The van der Waals surface area contributed by atoms with Crippen LogP contribution < -0.4 is 0 Å². The summed E-state index contributed by atoms with van der Waals surface area (Å²) in [6.07, 6.45) is 0. The molecule has 0 fully saturated rings. The van der Waals surface area contributed by atoms with Crippen molar-refractivity contribution in [2.24, 2.45) is 0 Å². The molecule has 0 amide bonds. The Bertz CT molecular complexity index is 344. The Hall–Kier alpha value is -0.770. The lowest BCUT2D eigenvalue weighted by Crippen LogP contribution is -2.15. The highest BCUT2D eigenvalue weighted by atomic mass is 35.5. The number of benzene rings is 1. The number of halogens is 2. The molecule has 5 heteroatoms. The first kappa shape index (κ1) is 11.3. The SMILES string of the molecule is COC(=O)c1ccccc1C(O)(Cl)Cl. The lowest BCUT2D eigenvalue weighted by molar-refractivity contribution is 0.0595. The fourth-order valence-electron chi connectivity index (χ4n) is 1.03. The molecule has 1 aromatic carbocycles. The molecule has 1 N–H and O–H groups in total. The molecule has 14 heavy (non-hydrogen) atoms. The molecular formula is C9H8Cl2O3. The molecule has 0 radical (unpaired) electrons. The number of esters is 1. The average Bonchev–Trinajstić information content (AvgIpc) is 2.15. The molecule has 76 valence electrons. The predicted molar refractivity (Wildman–Crippen MR) is 53.4 cm³/mol. The summed E-state index contributed by atoms with van der Waals surface area (Å²) < 4.78 is 2.41. The summed E-state index contributed by atoms with van der Waals surface area (Å²) in [6.45, 7) is 0. The number of aliphatic hydroxyl groups is 1. The molecule has 3 nitrogen and oxygen atoms in total. The van der Waals surface area contributed by atoms with Gasteiger partial charge in [0.25, 0.3) is 0 Å². The van der Waals surface area contributed by atoms with Crippen LogP contribution in [0.15, 0.2) is 24.3 Å². The third-order valence-corrected chi connectivity index (χ3v) is 2.06. The minimum Gasteiger partial charge on any atom is -0.465 e. The standard InChI is InChI=1S/C9H8Cl2O3/c1-14-8(12)6-4-2-3-5-7(6)9(10,11)13/h2-5,13H,1H3. The third kappa shape index (κ3) is 2.38. The Balaban J connectivity index is 3.23. The molecule has 0 atom stereocenters. The number of alkyl halides is 2. The highest BCUT2D eigenvalue weighted by Gasteiger charge is 2.28. The maximum atomic E-state index is 11.2. The van der Waals surface area contributed by atoms with E-state index < -0.39 is 10.5 Å². The van der Waals surface area contributed by atoms with Crippen molar-refractivity contribution in [2.75, 3.05) is 7.11 Å². The van der Waals surface area contributed by atoms with E-state index in [2.05, 4.69) is 4.74 Å². The van der Waals surface area contributed by atoms with Gasteiger partial charge in [-0.3, -0.25) is 0 Å². The largest absolute Gasteiger partial charge is 0.465 e. The first-order valence-electron chi connectivity index (χ1n) is 3.75. The van der Waals surface area contributed by atoms with E-state index >= 15 is 0 Å². The summed E-state index contributed by atoms with van der Waals surface area (Å²) in [5.41, 5.74) is 0.248. The summed E-state index contributed by atoms with van der Waals surface area (Å²) in [5.74, 6) is -0.597. The van der Waals surface area contributed by atoms with Gasteiger partial charge in [0, 0.05) is 5.56 Å². The monoisotopic (exact) mass is 234 g/mol. The molecule has 0 spiro atoms. The van der Waals surface area contributed by atoms with Crippen LogP contribution in [0, 0.1) is 0 Å². The first-order chi connectivity index (χ1) is 6.46. The van der Waals surface area contributed by atoms with Crippen LogP contribution in [0.1, 0.15) is 15.9 Å². The van der Waals surface area contributed by atoms with Gasteiger partial charge >= 0.3 is 5.97 Å². The van der Waals surface area contributed by atoms with Gasteiger partial charge in [-0.15, -0.1) is 0 Å². The molecule has 0 aliphatic carbocycles. The molecule has 0 unspecified atom stereocenters. The predicted octanol–water partition coefficient (Wildman–Crippen LogP) is 2.05. The van der Waals surface area contributed by atoms with E-state index in [0.717, 1.165) is 0 Å². The Labute approximate surface area is 91.2 Å². The van der Waals surface area contributed by atoms with Crippen LogP contribution in [0.5, 0.6) is 0 Å². The highest BCUT2D eigenvalue weighted by molar-refractivity contribution is 6.46. The third-order valence-electron chi connectivity index (χ3n) is 1.66. The number of carbonyl (C=O) groups excluding carboxylic acids is 1. The number of methoxy groups -OCH3 is 1. The molecule has 1 rings (SSSR count). The van der Waals surface area contributed by atoms with Crippen molar-refractivity contribution in [1.29, 1.82) is 0 Å². The topological polar surface area (TPSA) is 46.5 Å². The van der Waals surface area contributed by atoms with Crippen LogP contribution >= 0.6 is 23.2 Å². The van der Waals surface area contributed by atoms with Crippen LogP contribution in [0.4, 0.5) is 0 Å². The zero-order valence-corrected chi connectivity index (χ0v) is 8.84. The van der Waals surface area contributed by atoms with Gasteiger partial charge < -0.3 is 9.84 Å². The van der Waals surface area contributed by atoms with Crippen LogP contribution in [0.2, 0.25) is 0 Å². The fourth-order valence-corrected chi connectivity index (χ4v) is 1.36. The summed E-state index contributed by atoms with van der Waals surface area (Å²) in [6, 6.07) is 6.15. The minimum atomic E-state index is -2.09. The van der Waals surface area contributed by atoms with Crippen LogP contribution in [0.25, 0.3) is 0 Å². The second kappa shape index (κ2) is 4.17. The van der Waals surface area contributed by atoms with E-state index in [0.29, 0.717) is 0 Å². The number of rotatable bonds is 2. The van der Waals surface area contributed by atoms with E-state index in [9.17, 15) is 9.90 Å². The van der Waals surface area contributed by atoms with E-state index in [1.807, 2.05) is 0 Å². The van der Waals surface area contributed by atoms with Gasteiger partial charge in [0.05, 0.1) is 12.7 Å². The van der Waals surface area contributed by atoms with Crippen molar-refractivity contribution in [3.05, 3.63) is 35.4 Å². The molecule has 0 aliphatic heterocycles. The summed E-state index contributed by atoms with van der Waals surface area (Å²) in [7, 11) is 1.24. The van der Waals surface area contributed by atoms with Gasteiger partial charge in [-0.2, -0.15) is 0 Å². The first-order valence-corrected chi connectivity index (χ1v) is 4.50. The van der Waals surface area contributed by atoms with Crippen molar-refractivity contribution in [1.82, 2.24) is 0 Å². The van der Waals surface area contributed by atoms with Gasteiger partial charge in [0.1, 0.15) is 0 Å². The highest BCUT2D eigenvalue weighted by Crippen LogP contribution is 2.32. The van der Waals surface area contributed by atoms with Crippen LogP contribution in [0.3, 0.4) is 0 Å². The lowest BCUT2D eigenvalue weighted by atomic mass is 10.1. The molecule has 1 aromatic rings. The normalized spacial score (nSPS) is 11.1. The summed E-state index contributed by atoms with van der Waals surface area (Å²) in [5, 5.41) is 9.34. The Morgan fingerprint density at radius 2 is 2.00 bits per heavy atom. The Morgan fingerprint density at radius 1 is 1.43 bits per heavy atom. The zero-order valence-electron chi connectivity index (χ0n) is 7.33. The van der Waals surface area contributed by atoms with E-state index in [4.69, 9.17) is 23.2 Å².